The summed E-state index contributed by atoms with van der Waals surface area (Å²) in [5.41, 5.74) is 0.241. The molecule has 15 heavy (non-hydrogen) atoms. The van der Waals surface area contributed by atoms with Gasteiger partial charge in [-0.1, -0.05) is 6.92 Å². The minimum Gasteiger partial charge on any atom is -0.461 e. The van der Waals surface area contributed by atoms with E-state index in [1.54, 1.807) is 13.8 Å². The molecule has 0 aliphatic rings. The fraction of sp³-hybridized carbons (Fsp3) is 0.800. The molecule has 0 aromatic rings. The number of hydrogen-bond acceptors (Lipinski definition) is 3. The van der Waals surface area contributed by atoms with Crippen LogP contribution in [0.15, 0.2) is 4.40 Å². The molecule has 0 N–H and O–H groups in total. The molecule has 0 fully saturated rings. The zero-order chi connectivity index (χ0) is 12.1. The summed E-state index contributed by atoms with van der Waals surface area (Å²) in [4.78, 5) is 11.3. The second-order valence-corrected chi connectivity index (χ2v) is 5.88. The summed E-state index contributed by atoms with van der Waals surface area (Å²) in [7, 11) is -1.40. The van der Waals surface area contributed by atoms with Crippen molar-refractivity contribution in [1.82, 2.24) is 0 Å². The lowest BCUT2D eigenvalue weighted by Gasteiger charge is -2.14. The molecule has 0 amide bonds. The van der Waals surface area contributed by atoms with Crippen LogP contribution in [0.3, 0.4) is 0 Å². The van der Waals surface area contributed by atoms with E-state index in [-0.39, 0.29) is 5.71 Å². The van der Waals surface area contributed by atoms with Gasteiger partial charge in [0.25, 0.3) is 0 Å². The van der Waals surface area contributed by atoms with Crippen molar-refractivity contribution in [2.75, 3.05) is 6.61 Å². The highest BCUT2D eigenvalue weighted by Gasteiger charge is 2.21. The molecule has 0 radical (unpaired) electrons. The first-order valence-electron chi connectivity index (χ1n) is 4.99. The maximum atomic E-state index is 11.7. The Balaban J connectivity index is 4.75. The van der Waals surface area contributed by atoms with Crippen LogP contribution in [0.5, 0.6) is 0 Å². The van der Waals surface area contributed by atoms with Crippen LogP contribution < -0.4 is 0 Å². The maximum absolute atomic E-state index is 11.7. The van der Waals surface area contributed by atoms with Crippen LogP contribution in [0.1, 0.15) is 41.0 Å². The van der Waals surface area contributed by atoms with Gasteiger partial charge in [-0.2, -0.15) is 4.40 Å². The van der Waals surface area contributed by atoms with Crippen molar-refractivity contribution in [3.05, 3.63) is 0 Å². The first-order chi connectivity index (χ1) is 6.82. The molecule has 0 aliphatic carbocycles. The molecular weight excluding hydrogens is 214 g/mol. The largest absolute Gasteiger partial charge is 0.461 e. The first-order valence-corrected chi connectivity index (χ1v) is 6.10. The highest BCUT2D eigenvalue weighted by Crippen LogP contribution is 2.13. The monoisotopic (exact) mass is 233 g/mol. The summed E-state index contributed by atoms with van der Waals surface area (Å²) in [5, 5.41) is 0. The number of carbonyl (C=O) groups excluding carboxylic acids is 1. The van der Waals surface area contributed by atoms with Crippen molar-refractivity contribution in [3.8, 4) is 0 Å². The molecule has 88 valence electrons. The summed E-state index contributed by atoms with van der Waals surface area (Å²) in [6.07, 6.45) is 0.431. The normalized spacial score (nSPS) is 14.9. The Hall–Kier alpha value is -0.710. The lowest BCUT2D eigenvalue weighted by atomic mass is 10.3. The average molecular weight is 233 g/mol. The summed E-state index contributed by atoms with van der Waals surface area (Å²) in [6, 6.07) is 0. The average Bonchev–Trinajstić information content (AvgIpc) is 2.12. The second-order valence-electron chi connectivity index (χ2n) is 3.97. The van der Waals surface area contributed by atoms with Gasteiger partial charge in [-0.15, -0.1) is 0 Å². The number of esters is 1. The number of carbonyl (C=O) groups is 1. The molecule has 1 atom stereocenters. The molecule has 4 nitrogen and oxygen atoms in total. The molecule has 0 bridgehead atoms. The molecular formula is C10H19NO3S. The Kier molecular flexibility index (Phi) is 5.72. The number of hydrogen-bond donors (Lipinski definition) is 0. The Bertz CT molecular complexity index is 279. The highest BCUT2D eigenvalue weighted by molar-refractivity contribution is 7.85. The molecule has 0 rings (SSSR count). The summed E-state index contributed by atoms with van der Waals surface area (Å²) < 4.78 is 19.9. The van der Waals surface area contributed by atoms with Gasteiger partial charge in [0.05, 0.1) is 11.4 Å². The van der Waals surface area contributed by atoms with Gasteiger partial charge in [-0.05, 0) is 34.1 Å². The van der Waals surface area contributed by atoms with E-state index in [0.29, 0.717) is 13.0 Å². The van der Waals surface area contributed by atoms with Crippen molar-refractivity contribution in [2.45, 2.75) is 45.8 Å². The quantitative estimate of drug-likeness (QED) is 0.550. The van der Waals surface area contributed by atoms with E-state index in [0.717, 1.165) is 0 Å². The molecule has 0 spiro atoms. The molecule has 0 heterocycles. The van der Waals surface area contributed by atoms with Gasteiger partial charge in [0, 0.05) is 0 Å². The lowest BCUT2D eigenvalue weighted by Crippen LogP contribution is -2.24. The van der Waals surface area contributed by atoms with Gasteiger partial charge in [-0.3, -0.25) is 0 Å². The van der Waals surface area contributed by atoms with Crippen LogP contribution in [0.2, 0.25) is 0 Å². The second kappa shape index (κ2) is 6.00. The van der Waals surface area contributed by atoms with Gasteiger partial charge in [0.1, 0.15) is 16.7 Å². The van der Waals surface area contributed by atoms with E-state index in [9.17, 15) is 9.00 Å². The van der Waals surface area contributed by atoms with Gasteiger partial charge >= 0.3 is 5.97 Å². The predicted molar refractivity (Wildman–Crippen MR) is 62.3 cm³/mol. The molecule has 0 aliphatic heterocycles. The van der Waals surface area contributed by atoms with Crippen LogP contribution in [0.4, 0.5) is 0 Å². The van der Waals surface area contributed by atoms with E-state index >= 15 is 0 Å². The Morgan fingerprint density at radius 3 is 2.20 bits per heavy atom. The summed E-state index contributed by atoms with van der Waals surface area (Å²) >= 11 is 0. The lowest BCUT2D eigenvalue weighted by molar-refractivity contribution is -0.135. The molecule has 5 heteroatoms. The minimum absolute atomic E-state index is 0.241. The number of rotatable bonds is 4. The third-order valence-corrected chi connectivity index (χ3v) is 3.00. The standard InChI is InChI=1S/C10H19NO3S/c1-6-8(9(12)14-7-2)11-15(13)10(3,4)5/h6-7H2,1-5H3/b11-8+/t15-/m0/s1. The number of nitrogens with zero attached hydrogens (tertiary/aromatic N) is 1. The Morgan fingerprint density at radius 2 is 1.87 bits per heavy atom. The SMILES string of the molecule is CCOC(=O)/C(CC)=N/[S@@](=O)C(C)(C)C. The van der Waals surface area contributed by atoms with Gasteiger partial charge in [-0.25, -0.2) is 9.00 Å². The third kappa shape index (κ3) is 5.06. The van der Waals surface area contributed by atoms with E-state index < -0.39 is 21.7 Å². The van der Waals surface area contributed by atoms with E-state index in [4.69, 9.17) is 4.74 Å². The topological polar surface area (TPSA) is 55.7 Å². The predicted octanol–water partition coefficient (Wildman–Crippen LogP) is 1.86. The Morgan fingerprint density at radius 1 is 1.33 bits per heavy atom. The van der Waals surface area contributed by atoms with Crippen molar-refractivity contribution in [1.29, 1.82) is 0 Å². The zero-order valence-corrected chi connectivity index (χ0v) is 10.8. The van der Waals surface area contributed by atoms with Crippen LogP contribution in [0.25, 0.3) is 0 Å². The van der Waals surface area contributed by atoms with Crippen molar-refractivity contribution in [2.24, 2.45) is 4.40 Å². The van der Waals surface area contributed by atoms with Crippen molar-refractivity contribution < 1.29 is 13.7 Å². The summed E-state index contributed by atoms with van der Waals surface area (Å²) in [5.74, 6) is -0.474. The first kappa shape index (κ1) is 14.3. The van der Waals surface area contributed by atoms with Gasteiger partial charge in [0.15, 0.2) is 0 Å². The molecule has 0 aromatic carbocycles. The van der Waals surface area contributed by atoms with E-state index in [1.807, 2.05) is 20.8 Å². The van der Waals surface area contributed by atoms with E-state index in [2.05, 4.69) is 4.40 Å². The van der Waals surface area contributed by atoms with E-state index in [1.165, 1.54) is 0 Å². The van der Waals surface area contributed by atoms with Crippen LogP contribution in [-0.2, 0) is 20.5 Å². The van der Waals surface area contributed by atoms with Crippen molar-refractivity contribution >= 4 is 22.7 Å². The van der Waals surface area contributed by atoms with Gasteiger partial charge < -0.3 is 4.74 Å². The molecule has 0 saturated heterocycles. The molecule has 0 aromatic heterocycles. The van der Waals surface area contributed by atoms with Crippen LogP contribution in [0, 0.1) is 0 Å². The van der Waals surface area contributed by atoms with Gasteiger partial charge in [0.2, 0.25) is 0 Å². The maximum Gasteiger partial charge on any atom is 0.353 e. The fourth-order valence-electron chi connectivity index (χ4n) is 0.698. The zero-order valence-electron chi connectivity index (χ0n) is 9.99. The minimum atomic E-state index is -1.40. The van der Waals surface area contributed by atoms with Crippen LogP contribution >= 0.6 is 0 Å². The third-order valence-electron chi connectivity index (χ3n) is 1.56. The highest BCUT2D eigenvalue weighted by atomic mass is 32.2. The Labute approximate surface area is 93.7 Å². The molecule has 0 saturated carbocycles. The smallest absolute Gasteiger partial charge is 0.353 e. The summed E-state index contributed by atoms with van der Waals surface area (Å²) in [6.45, 7) is 9.25. The number of ether oxygens (including phenoxy) is 1. The molecule has 0 unspecified atom stereocenters. The van der Waals surface area contributed by atoms with Crippen LogP contribution in [-0.4, -0.2) is 27.2 Å². The fourth-order valence-corrected chi connectivity index (χ4v) is 1.38. The van der Waals surface area contributed by atoms with Crippen molar-refractivity contribution in [3.63, 3.8) is 0 Å².